The molecule has 0 spiro atoms. The first kappa shape index (κ1) is 15.1. The van der Waals surface area contributed by atoms with E-state index in [2.05, 4.69) is 20.1 Å². The maximum Gasteiger partial charge on any atom is 0.228 e. The number of amides is 1. The molecule has 2 saturated heterocycles. The summed E-state index contributed by atoms with van der Waals surface area (Å²) in [5, 5.41) is 8.41. The molecule has 4 heterocycles. The van der Waals surface area contributed by atoms with Crippen molar-refractivity contribution in [3.8, 4) is 0 Å². The molecule has 6 nitrogen and oxygen atoms in total. The number of carbonyl (C=O) groups excluding carboxylic acids is 1. The van der Waals surface area contributed by atoms with E-state index in [4.69, 9.17) is 0 Å². The van der Waals surface area contributed by atoms with E-state index in [0.29, 0.717) is 12.5 Å². The van der Waals surface area contributed by atoms with Gasteiger partial charge in [0.25, 0.3) is 0 Å². The second-order valence-electron chi connectivity index (χ2n) is 6.71. The Balaban J connectivity index is 1.46. The molecule has 6 heteroatoms. The molecule has 2 aliphatic rings. The van der Waals surface area contributed by atoms with E-state index in [1.54, 1.807) is 6.20 Å². The minimum absolute atomic E-state index is 0.0681. The Morgan fingerprint density at radius 1 is 1.21 bits per heavy atom. The summed E-state index contributed by atoms with van der Waals surface area (Å²) in [4.78, 5) is 21.2. The van der Waals surface area contributed by atoms with Crippen molar-refractivity contribution in [3.63, 3.8) is 0 Å². The third-order valence-corrected chi connectivity index (χ3v) is 5.04. The van der Waals surface area contributed by atoms with Crippen LogP contribution in [-0.2, 0) is 11.3 Å². The predicted octanol–water partition coefficient (Wildman–Crippen LogP) is 1.66. The lowest BCUT2D eigenvalue weighted by Gasteiger charge is -2.33. The molecule has 2 unspecified atom stereocenters. The van der Waals surface area contributed by atoms with Crippen molar-refractivity contribution < 1.29 is 4.79 Å². The first-order chi connectivity index (χ1) is 11.7. The van der Waals surface area contributed by atoms with Gasteiger partial charge in [-0.25, -0.2) is 0 Å². The normalized spacial score (nSPS) is 23.5. The number of hydrogen-bond acceptors (Lipinski definition) is 5. The van der Waals surface area contributed by atoms with Gasteiger partial charge in [-0.05, 0) is 43.0 Å². The Morgan fingerprint density at radius 3 is 2.88 bits per heavy atom. The zero-order valence-corrected chi connectivity index (χ0v) is 13.8. The molecule has 1 amide bonds. The monoisotopic (exact) mass is 323 g/mol. The molecule has 124 valence electrons. The molecule has 0 aliphatic carbocycles. The Bertz CT molecular complexity index is 718. The Kier molecular flexibility index (Phi) is 3.88. The maximum absolute atomic E-state index is 12.9. The van der Waals surface area contributed by atoms with Crippen LogP contribution in [0.3, 0.4) is 0 Å². The third kappa shape index (κ3) is 2.84. The van der Waals surface area contributed by atoms with Gasteiger partial charge < -0.3 is 9.80 Å². The van der Waals surface area contributed by atoms with Crippen molar-refractivity contribution in [2.24, 2.45) is 11.8 Å². The molecule has 0 radical (unpaired) electrons. The minimum Gasteiger partial charge on any atom is -0.354 e. The van der Waals surface area contributed by atoms with Crippen molar-refractivity contribution >= 4 is 11.7 Å². The summed E-state index contributed by atoms with van der Waals surface area (Å²) in [5.41, 5.74) is 2.00. The molecule has 0 N–H and O–H groups in total. The molecule has 24 heavy (non-hydrogen) atoms. The fraction of sp³-hybridized carbons (Fsp3) is 0.444. The topological polar surface area (TPSA) is 62.2 Å². The van der Waals surface area contributed by atoms with Crippen LogP contribution in [-0.4, -0.2) is 45.6 Å². The molecular weight excluding hydrogens is 302 g/mol. The van der Waals surface area contributed by atoms with Gasteiger partial charge in [-0.2, -0.15) is 5.10 Å². The van der Waals surface area contributed by atoms with Crippen molar-refractivity contribution in [1.29, 1.82) is 0 Å². The number of hydrogen-bond donors (Lipinski definition) is 0. The molecule has 0 bridgehead atoms. The van der Waals surface area contributed by atoms with Gasteiger partial charge in [0.15, 0.2) is 5.82 Å². The predicted molar refractivity (Wildman–Crippen MR) is 90.2 cm³/mol. The van der Waals surface area contributed by atoms with E-state index in [-0.39, 0.29) is 11.8 Å². The average molecular weight is 323 g/mol. The summed E-state index contributed by atoms with van der Waals surface area (Å²) in [6.07, 6.45) is 4.64. The number of piperidine rings is 1. The highest BCUT2D eigenvalue weighted by Crippen LogP contribution is 2.34. The molecule has 2 aromatic heterocycles. The number of fused-ring (bicyclic) bond motifs is 1. The molecule has 2 fully saturated rings. The molecule has 0 saturated carbocycles. The second-order valence-corrected chi connectivity index (χ2v) is 6.71. The van der Waals surface area contributed by atoms with Crippen molar-refractivity contribution in [2.45, 2.75) is 19.9 Å². The number of aromatic nitrogens is 3. The smallest absolute Gasteiger partial charge is 0.228 e. The van der Waals surface area contributed by atoms with E-state index in [0.717, 1.165) is 43.1 Å². The fourth-order valence-electron chi connectivity index (χ4n) is 3.73. The van der Waals surface area contributed by atoms with Crippen LogP contribution in [0.5, 0.6) is 0 Å². The zero-order valence-electron chi connectivity index (χ0n) is 13.8. The van der Waals surface area contributed by atoms with Gasteiger partial charge in [-0.3, -0.25) is 9.78 Å². The van der Waals surface area contributed by atoms with Crippen LogP contribution in [0.15, 0.2) is 36.7 Å². The van der Waals surface area contributed by atoms with Crippen LogP contribution in [0.4, 0.5) is 5.82 Å². The first-order valence-corrected chi connectivity index (χ1v) is 8.43. The highest BCUT2D eigenvalue weighted by molar-refractivity contribution is 5.81. The van der Waals surface area contributed by atoms with Gasteiger partial charge in [0.1, 0.15) is 0 Å². The highest BCUT2D eigenvalue weighted by atomic mass is 16.2. The van der Waals surface area contributed by atoms with Crippen molar-refractivity contribution in [3.05, 3.63) is 47.9 Å². The van der Waals surface area contributed by atoms with Crippen LogP contribution in [0, 0.1) is 18.8 Å². The molecule has 4 rings (SSSR count). The number of likely N-dealkylation sites (tertiary alicyclic amines) is 1. The number of nitrogens with zero attached hydrogens (tertiary/aromatic N) is 5. The number of pyridine rings is 1. The first-order valence-electron chi connectivity index (χ1n) is 8.43. The van der Waals surface area contributed by atoms with Gasteiger partial charge in [-0.1, -0.05) is 6.07 Å². The summed E-state index contributed by atoms with van der Waals surface area (Å²) in [7, 11) is 0. The van der Waals surface area contributed by atoms with Gasteiger partial charge in [0, 0.05) is 38.6 Å². The van der Waals surface area contributed by atoms with Crippen LogP contribution in [0.25, 0.3) is 0 Å². The summed E-state index contributed by atoms with van der Waals surface area (Å²) in [5.74, 6) is 1.63. The molecule has 0 aromatic carbocycles. The molecule has 2 atom stereocenters. The quantitative estimate of drug-likeness (QED) is 0.860. The summed E-state index contributed by atoms with van der Waals surface area (Å²) < 4.78 is 0. The van der Waals surface area contributed by atoms with E-state index in [1.165, 1.54) is 0 Å². The average Bonchev–Trinajstić information content (AvgIpc) is 3.04. The number of rotatable bonds is 3. The van der Waals surface area contributed by atoms with E-state index < -0.39 is 0 Å². The lowest BCUT2D eigenvalue weighted by molar-refractivity contribution is -0.140. The third-order valence-electron chi connectivity index (χ3n) is 5.04. The second kappa shape index (κ2) is 6.19. The lowest BCUT2D eigenvalue weighted by Crippen LogP contribution is -2.44. The Morgan fingerprint density at radius 2 is 2.12 bits per heavy atom. The van der Waals surface area contributed by atoms with Gasteiger partial charge >= 0.3 is 0 Å². The van der Waals surface area contributed by atoms with Crippen LogP contribution >= 0.6 is 0 Å². The zero-order chi connectivity index (χ0) is 16.5. The van der Waals surface area contributed by atoms with Crippen LogP contribution < -0.4 is 4.90 Å². The van der Waals surface area contributed by atoms with Gasteiger partial charge in [-0.15, -0.1) is 5.10 Å². The maximum atomic E-state index is 12.9. The van der Waals surface area contributed by atoms with Crippen molar-refractivity contribution in [1.82, 2.24) is 20.1 Å². The summed E-state index contributed by atoms with van der Waals surface area (Å²) in [6.45, 7) is 5.04. The van der Waals surface area contributed by atoms with E-state index >= 15 is 0 Å². The SMILES string of the molecule is Cc1ccc(N2CC3CCN(Cc4cccnc4)C(=O)C3C2)nn1. The largest absolute Gasteiger partial charge is 0.354 e. The standard InChI is InChI=1S/C18H21N5O/c1-13-4-5-17(21-20-13)23-11-15-6-8-22(18(24)16(15)12-23)10-14-3-2-7-19-9-14/h2-5,7,9,15-16H,6,8,10-12H2,1H3. The summed E-state index contributed by atoms with van der Waals surface area (Å²) in [6, 6.07) is 7.91. The van der Waals surface area contributed by atoms with Gasteiger partial charge in [0.05, 0.1) is 11.6 Å². The van der Waals surface area contributed by atoms with Crippen LogP contribution in [0.1, 0.15) is 17.7 Å². The molecule has 2 aromatic rings. The van der Waals surface area contributed by atoms with Crippen molar-refractivity contribution in [2.75, 3.05) is 24.5 Å². The minimum atomic E-state index is 0.0681. The molecular formula is C18H21N5O. The van der Waals surface area contributed by atoms with Gasteiger partial charge in [0.2, 0.25) is 5.91 Å². The fourth-order valence-corrected chi connectivity index (χ4v) is 3.73. The van der Waals surface area contributed by atoms with E-state index in [1.807, 2.05) is 42.3 Å². The number of carbonyl (C=O) groups is 1. The van der Waals surface area contributed by atoms with Crippen LogP contribution in [0.2, 0.25) is 0 Å². The Hall–Kier alpha value is -2.50. The number of anilines is 1. The molecule has 2 aliphatic heterocycles. The number of aryl methyl sites for hydroxylation is 1. The lowest BCUT2D eigenvalue weighted by atomic mass is 9.88. The Labute approximate surface area is 141 Å². The van der Waals surface area contributed by atoms with E-state index in [9.17, 15) is 4.79 Å². The highest BCUT2D eigenvalue weighted by Gasteiger charge is 2.43. The summed E-state index contributed by atoms with van der Waals surface area (Å²) >= 11 is 0.